The predicted molar refractivity (Wildman–Crippen MR) is 158 cm³/mol. The maximum absolute atomic E-state index is 14.7. The quantitative estimate of drug-likeness (QED) is 0.271. The Morgan fingerprint density at radius 3 is 2.48 bits per heavy atom. The smallest absolute Gasteiger partial charge is 0.370 e. The van der Waals surface area contributed by atoms with Crippen LogP contribution in [0, 0.1) is 5.92 Å². The molecule has 2 N–H and O–H groups in total. The molecule has 1 unspecified atom stereocenters. The van der Waals surface area contributed by atoms with Crippen LogP contribution in [0.15, 0.2) is 36.4 Å². The van der Waals surface area contributed by atoms with Gasteiger partial charge in [0.15, 0.2) is 0 Å². The Labute approximate surface area is 258 Å². The molecular formula is C30H32Cl3F2N5O2. The lowest BCUT2D eigenvalue weighted by Gasteiger charge is -2.32. The number of nitrogens with zero attached hydrogens (tertiary/aromatic N) is 4. The van der Waals surface area contributed by atoms with E-state index < -0.39 is 17.1 Å². The van der Waals surface area contributed by atoms with Crippen molar-refractivity contribution in [2.45, 2.75) is 69.1 Å². The number of benzene rings is 2. The topological polar surface area (TPSA) is 94.1 Å². The van der Waals surface area contributed by atoms with Gasteiger partial charge < -0.3 is 10.6 Å². The summed E-state index contributed by atoms with van der Waals surface area (Å²) in [7, 11) is 0. The molecule has 2 aliphatic heterocycles. The highest BCUT2D eigenvalue weighted by Crippen LogP contribution is 2.47. The summed E-state index contributed by atoms with van der Waals surface area (Å²) < 4.78 is 30.7. The summed E-state index contributed by atoms with van der Waals surface area (Å²) in [4.78, 5) is 26.8. The van der Waals surface area contributed by atoms with Crippen LogP contribution in [0.4, 0.5) is 8.78 Å². The molecule has 0 spiro atoms. The molecule has 2 aliphatic rings. The van der Waals surface area contributed by atoms with Gasteiger partial charge in [0, 0.05) is 47.8 Å². The number of primary amides is 1. The zero-order chi connectivity index (χ0) is 30.2. The third-order valence-corrected chi connectivity index (χ3v) is 9.18. The molecule has 0 radical (unpaired) electrons. The number of aryl methyl sites for hydroxylation is 1. The fourth-order valence-corrected chi connectivity index (χ4v) is 6.97. The average molecular weight is 639 g/mol. The third kappa shape index (κ3) is 6.29. The highest BCUT2D eigenvalue weighted by Gasteiger charge is 2.42. The maximum Gasteiger partial charge on any atom is 0.382 e. The lowest BCUT2D eigenvalue weighted by atomic mass is 9.81. The molecule has 2 atom stereocenters. The van der Waals surface area contributed by atoms with Crippen molar-refractivity contribution in [1.82, 2.24) is 19.7 Å². The first kappa shape index (κ1) is 30.7. The number of hydrogen-bond donors (Lipinski definition) is 1. The monoisotopic (exact) mass is 637 g/mol. The van der Waals surface area contributed by atoms with Crippen molar-refractivity contribution < 1.29 is 18.4 Å². The fourth-order valence-electron chi connectivity index (χ4n) is 6.32. The standard InChI is InChI=1S/C30H32Cl3F2N5O2/c1-2-4-18-5-3-6-21(27(18)32)22-14-19(15-26(42)39-11-9-17(10-12-39)13-25(36)41)28-37-38-29(30(33,34)35)40(28)24-8-7-20(31)16-23(22)24/h3,5-8,16-17,19,22H,2,4,9-15H2,1H3,(H2,36,41)/t19-,22?/m1/s1. The van der Waals surface area contributed by atoms with Crippen molar-refractivity contribution in [3.8, 4) is 5.69 Å². The summed E-state index contributed by atoms with van der Waals surface area (Å²) in [5.74, 6) is -1.78. The minimum absolute atomic E-state index is 0.0248. The average Bonchev–Trinajstić information content (AvgIpc) is 3.34. The first-order valence-corrected chi connectivity index (χ1v) is 15.3. The van der Waals surface area contributed by atoms with E-state index in [9.17, 15) is 18.4 Å². The van der Waals surface area contributed by atoms with Crippen LogP contribution in [-0.2, 0) is 21.4 Å². The van der Waals surface area contributed by atoms with Gasteiger partial charge in [-0.15, -0.1) is 10.2 Å². The van der Waals surface area contributed by atoms with Gasteiger partial charge in [-0.25, -0.2) is 0 Å². The second-order valence-corrected chi connectivity index (χ2v) is 12.5. The molecule has 1 saturated heterocycles. The van der Waals surface area contributed by atoms with E-state index in [4.69, 9.17) is 40.5 Å². The van der Waals surface area contributed by atoms with Crippen LogP contribution in [0.3, 0.4) is 0 Å². The second kappa shape index (κ2) is 12.5. The number of rotatable bonds is 8. The van der Waals surface area contributed by atoms with Crippen LogP contribution in [0.25, 0.3) is 5.69 Å². The van der Waals surface area contributed by atoms with Crippen LogP contribution >= 0.6 is 34.8 Å². The largest absolute Gasteiger partial charge is 0.382 e. The molecular weight excluding hydrogens is 607 g/mol. The van der Waals surface area contributed by atoms with E-state index in [1.54, 1.807) is 23.1 Å². The van der Waals surface area contributed by atoms with E-state index >= 15 is 0 Å². The Hall–Kier alpha value is -2.75. The van der Waals surface area contributed by atoms with Crippen molar-refractivity contribution >= 4 is 46.6 Å². The van der Waals surface area contributed by atoms with E-state index in [1.807, 2.05) is 18.2 Å². The number of alkyl halides is 3. The minimum atomic E-state index is -3.81. The number of aromatic nitrogens is 3. The Morgan fingerprint density at radius 1 is 1.07 bits per heavy atom. The molecule has 42 heavy (non-hydrogen) atoms. The van der Waals surface area contributed by atoms with Crippen molar-refractivity contribution in [1.29, 1.82) is 0 Å². The van der Waals surface area contributed by atoms with Crippen LogP contribution in [-0.4, -0.2) is 44.6 Å². The van der Waals surface area contributed by atoms with Gasteiger partial charge in [-0.2, -0.15) is 8.78 Å². The molecule has 7 nitrogen and oxygen atoms in total. The Morgan fingerprint density at radius 2 is 1.81 bits per heavy atom. The number of fused-ring (bicyclic) bond motifs is 3. The van der Waals surface area contributed by atoms with E-state index in [0.29, 0.717) is 60.1 Å². The molecule has 3 heterocycles. The molecule has 3 aromatic rings. The van der Waals surface area contributed by atoms with Crippen LogP contribution in [0.1, 0.15) is 85.6 Å². The number of nitrogens with two attached hydrogens (primary N) is 1. The highest BCUT2D eigenvalue weighted by atomic mass is 35.5. The van der Waals surface area contributed by atoms with E-state index in [2.05, 4.69) is 17.1 Å². The van der Waals surface area contributed by atoms with Gasteiger partial charge in [0.25, 0.3) is 0 Å². The molecule has 12 heteroatoms. The summed E-state index contributed by atoms with van der Waals surface area (Å²) in [6.45, 7) is 3.05. The molecule has 1 fully saturated rings. The van der Waals surface area contributed by atoms with Gasteiger partial charge in [0.1, 0.15) is 5.82 Å². The summed E-state index contributed by atoms with van der Waals surface area (Å²) in [5.41, 5.74) is 8.26. The predicted octanol–water partition coefficient (Wildman–Crippen LogP) is 6.94. The summed E-state index contributed by atoms with van der Waals surface area (Å²) in [6, 6.07) is 10.9. The molecule has 0 saturated carbocycles. The lowest BCUT2D eigenvalue weighted by molar-refractivity contribution is -0.133. The second-order valence-electron chi connectivity index (χ2n) is 11.2. The molecule has 224 valence electrons. The van der Waals surface area contributed by atoms with Crippen molar-refractivity contribution in [2.75, 3.05) is 13.1 Å². The van der Waals surface area contributed by atoms with Crippen LogP contribution < -0.4 is 5.73 Å². The normalized spacial score (nSPS) is 19.2. The first-order chi connectivity index (χ1) is 20.0. The van der Waals surface area contributed by atoms with Gasteiger partial charge in [0.05, 0.1) is 5.69 Å². The Balaban J connectivity index is 1.57. The number of piperidine rings is 1. The molecule has 0 bridgehead atoms. The molecule has 1 aromatic heterocycles. The van der Waals surface area contributed by atoms with Crippen LogP contribution in [0.5, 0.6) is 0 Å². The molecule has 2 aromatic carbocycles. The number of amides is 2. The van der Waals surface area contributed by atoms with Crippen molar-refractivity contribution in [2.24, 2.45) is 11.7 Å². The summed E-state index contributed by atoms with van der Waals surface area (Å²) in [5, 5.41) is 5.22. The third-order valence-electron chi connectivity index (χ3n) is 8.31. The number of hydrogen-bond acceptors (Lipinski definition) is 4. The van der Waals surface area contributed by atoms with E-state index in [-0.39, 0.29) is 35.9 Å². The first-order valence-electron chi connectivity index (χ1n) is 14.1. The highest BCUT2D eigenvalue weighted by molar-refractivity contribution is 6.32. The van der Waals surface area contributed by atoms with E-state index in [0.717, 1.165) is 24.0 Å². The van der Waals surface area contributed by atoms with Gasteiger partial charge in [0.2, 0.25) is 17.6 Å². The van der Waals surface area contributed by atoms with Gasteiger partial charge in [-0.3, -0.25) is 14.2 Å². The lowest BCUT2D eigenvalue weighted by Crippen LogP contribution is -2.40. The zero-order valence-electron chi connectivity index (χ0n) is 23.1. The van der Waals surface area contributed by atoms with Gasteiger partial charge in [-0.1, -0.05) is 54.7 Å². The number of carbonyl (C=O) groups is 2. The SMILES string of the molecule is CCCc1cccc(C2C[C@H](CC(=O)N3CCC(CC(N)=O)CC3)c3nnc(C(F)(F)Cl)n3-c3ccc(Cl)cc32)c1Cl. The maximum atomic E-state index is 14.7. The van der Waals surface area contributed by atoms with Crippen molar-refractivity contribution in [3.63, 3.8) is 0 Å². The molecule has 5 rings (SSSR count). The Bertz CT molecular complexity index is 1480. The molecule has 2 amide bonds. The van der Waals surface area contributed by atoms with Crippen molar-refractivity contribution in [3.05, 3.63) is 74.8 Å². The van der Waals surface area contributed by atoms with Crippen LogP contribution in [0.2, 0.25) is 10.0 Å². The van der Waals surface area contributed by atoms with Gasteiger partial charge >= 0.3 is 5.38 Å². The molecule has 0 aliphatic carbocycles. The summed E-state index contributed by atoms with van der Waals surface area (Å²) in [6.07, 6.45) is 3.70. The minimum Gasteiger partial charge on any atom is -0.370 e. The van der Waals surface area contributed by atoms with Gasteiger partial charge in [-0.05, 0) is 78.1 Å². The fraction of sp³-hybridized carbons (Fsp3) is 0.467. The Kier molecular flexibility index (Phi) is 9.11. The zero-order valence-corrected chi connectivity index (χ0v) is 25.4. The number of halogens is 5. The number of carbonyl (C=O) groups excluding carboxylic acids is 2. The summed E-state index contributed by atoms with van der Waals surface area (Å²) >= 11 is 19.0. The van der Waals surface area contributed by atoms with E-state index in [1.165, 1.54) is 4.57 Å². The number of likely N-dealkylation sites (tertiary alicyclic amines) is 1.